The number of rotatable bonds is 13. The van der Waals surface area contributed by atoms with Crippen LogP contribution >= 0.6 is 23.2 Å². The maximum atomic E-state index is 14.3. The van der Waals surface area contributed by atoms with Gasteiger partial charge in [-0.25, -0.2) is 8.42 Å². The van der Waals surface area contributed by atoms with Crippen molar-refractivity contribution < 1.29 is 18.0 Å². The van der Waals surface area contributed by atoms with Crippen molar-refractivity contribution in [3.8, 4) is 0 Å². The van der Waals surface area contributed by atoms with Crippen LogP contribution in [0.2, 0.25) is 10.0 Å². The van der Waals surface area contributed by atoms with E-state index < -0.39 is 28.5 Å². The highest BCUT2D eigenvalue weighted by molar-refractivity contribution is 7.92. The first-order chi connectivity index (χ1) is 20.7. The molecule has 0 aliphatic heterocycles. The summed E-state index contributed by atoms with van der Waals surface area (Å²) in [6.07, 6.45) is 0.950. The van der Waals surface area contributed by atoms with Gasteiger partial charge < -0.3 is 10.2 Å². The molecular weight excluding hydrogens is 605 g/mol. The second-order valence-electron chi connectivity index (χ2n) is 9.95. The van der Waals surface area contributed by atoms with Crippen molar-refractivity contribution >= 4 is 50.7 Å². The summed E-state index contributed by atoms with van der Waals surface area (Å²) in [5.74, 6) is -0.873. The SMILES string of the molecule is CCCNC(=O)[C@H](Cc1ccccc1)N(Cc1cccc(Cl)c1)C(=O)CN(c1ccccc1)S(=O)(=O)c1ccc(Cl)cc1. The first-order valence-corrected chi connectivity index (χ1v) is 16.1. The average Bonchev–Trinajstić information content (AvgIpc) is 3.01. The summed E-state index contributed by atoms with van der Waals surface area (Å²) in [6, 6.07) is 29.7. The van der Waals surface area contributed by atoms with Crippen LogP contribution in [0.25, 0.3) is 0 Å². The molecular formula is C33H33Cl2N3O4S. The van der Waals surface area contributed by atoms with Gasteiger partial charge in [0.25, 0.3) is 10.0 Å². The third-order valence-corrected chi connectivity index (χ3v) is 9.06. The number of halogens is 2. The van der Waals surface area contributed by atoms with Gasteiger partial charge in [-0.05, 0) is 66.1 Å². The van der Waals surface area contributed by atoms with Crippen molar-refractivity contribution in [2.24, 2.45) is 0 Å². The largest absolute Gasteiger partial charge is 0.354 e. The summed E-state index contributed by atoms with van der Waals surface area (Å²) in [5.41, 5.74) is 1.87. The Bertz CT molecular complexity index is 1620. The van der Waals surface area contributed by atoms with Crippen LogP contribution in [0.4, 0.5) is 5.69 Å². The van der Waals surface area contributed by atoms with Gasteiger partial charge in [0.05, 0.1) is 10.6 Å². The molecule has 0 bridgehead atoms. The molecule has 0 aromatic heterocycles. The minimum atomic E-state index is -4.19. The lowest BCUT2D eigenvalue weighted by Gasteiger charge is -2.34. The van der Waals surface area contributed by atoms with E-state index in [4.69, 9.17) is 23.2 Å². The molecule has 0 unspecified atom stereocenters. The minimum Gasteiger partial charge on any atom is -0.354 e. The molecule has 2 amide bonds. The van der Waals surface area contributed by atoms with E-state index in [-0.39, 0.29) is 23.8 Å². The fourth-order valence-electron chi connectivity index (χ4n) is 4.61. The van der Waals surface area contributed by atoms with Crippen molar-refractivity contribution in [3.05, 3.63) is 130 Å². The number of hydrogen-bond donors (Lipinski definition) is 1. The number of sulfonamides is 1. The standard InChI is InChI=1S/C33H33Cl2N3O4S/c1-2-20-36-33(40)31(22-25-10-5-3-6-11-25)37(23-26-12-9-13-28(35)21-26)32(39)24-38(29-14-7-4-8-15-29)43(41,42)30-18-16-27(34)17-19-30/h3-19,21,31H,2,20,22-24H2,1H3,(H,36,40)/t31-/m0/s1. The van der Waals surface area contributed by atoms with E-state index in [1.165, 1.54) is 29.2 Å². The number of carbonyl (C=O) groups excluding carboxylic acids is 2. The highest BCUT2D eigenvalue weighted by Gasteiger charge is 2.34. The average molecular weight is 639 g/mol. The summed E-state index contributed by atoms with van der Waals surface area (Å²) in [6.45, 7) is 1.88. The van der Waals surface area contributed by atoms with Gasteiger partial charge in [-0.3, -0.25) is 13.9 Å². The molecule has 224 valence electrons. The monoisotopic (exact) mass is 637 g/mol. The van der Waals surface area contributed by atoms with E-state index >= 15 is 0 Å². The highest BCUT2D eigenvalue weighted by Crippen LogP contribution is 2.26. The van der Waals surface area contributed by atoms with Crippen LogP contribution in [-0.2, 0) is 32.6 Å². The summed E-state index contributed by atoms with van der Waals surface area (Å²) >= 11 is 12.3. The predicted molar refractivity (Wildman–Crippen MR) is 172 cm³/mol. The lowest BCUT2D eigenvalue weighted by atomic mass is 10.0. The van der Waals surface area contributed by atoms with Crippen molar-refractivity contribution in [2.75, 3.05) is 17.4 Å². The molecule has 4 aromatic rings. The van der Waals surface area contributed by atoms with Gasteiger partial charge in [0.2, 0.25) is 11.8 Å². The zero-order chi connectivity index (χ0) is 30.8. The maximum absolute atomic E-state index is 14.3. The number of nitrogens with one attached hydrogen (secondary N) is 1. The summed E-state index contributed by atoms with van der Waals surface area (Å²) in [5, 5.41) is 3.80. The minimum absolute atomic E-state index is 0.0172. The van der Waals surface area contributed by atoms with Crippen LogP contribution in [0.15, 0.2) is 114 Å². The van der Waals surface area contributed by atoms with E-state index in [1.807, 2.05) is 43.3 Å². The quantitative estimate of drug-likeness (QED) is 0.185. The first kappa shape index (κ1) is 32.1. The molecule has 4 aromatic carbocycles. The Hall–Kier alpha value is -3.85. The molecule has 0 aliphatic rings. The van der Waals surface area contributed by atoms with Crippen LogP contribution in [0, 0.1) is 0 Å². The Balaban J connectivity index is 1.78. The molecule has 1 N–H and O–H groups in total. The molecule has 0 heterocycles. The Morgan fingerprint density at radius 2 is 1.42 bits per heavy atom. The van der Waals surface area contributed by atoms with Gasteiger partial charge in [-0.15, -0.1) is 0 Å². The molecule has 0 spiro atoms. The molecule has 0 radical (unpaired) electrons. The molecule has 43 heavy (non-hydrogen) atoms. The second-order valence-corrected chi connectivity index (χ2v) is 12.7. The number of hydrogen-bond acceptors (Lipinski definition) is 4. The molecule has 0 saturated heterocycles. The molecule has 0 saturated carbocycles. The Kier molecular flexibility index (Phi) is 11.2. The lowest BCUT2D eigenvalue weighted by molar-refractivity contribution is -0.140. The number of amides is 2. The number of para-hydroxylation sites is 1. The van der Waals surface area contributed by atoms with Gasteiger partial charge in [0.15, 0.2) is 0 Å². The van der Waals surface area contributed by atoms with Crippen molar-refractivity contribution in [2.45, 2.75) is 37.2 Å². The number of nitrogens with zero attached hydrogens (tertiary/aromatic N) is 2. The van der Waals surface area contributed by atoms with Crippen molar-refractivity contribution in [1.82, 2.24) is 10.2 Å². The summed E-state index contributed by atoms with van der Waals surface area (Å²) in [4.78, 5) is 29.4. The van der Waals surface area contributed by atoms with Crippen LogP contribution in [0.5, 0.6) is 0 Å². The lowest BCUT2D eigenvalue weighted by Crippen LogP contribution is -2.53. The molecule has 10 heteroatoms. The Morgan fingerprint density at radius 3 is 2.05 bits per heavy atom. The van der Waals surface area contributed by atoms with E-state index in [2.05, 4.69) is 5.32 Å². The fraction of sp³-hybridized carbons (Fsp3) is 0.212. The van der Waals surface area contributed by atoms with E-state index in [1.54, 1.807) is 48.5 Å². The Labute approximate surface area is 263 Å². The second kappa shape index (κ2) is 15.0. The summed E-state index contributed by atoms with van der Waals surface area (Å²) < 4.78 is 29.0. The Morgan fingerprint density at radius 1 is 0.791 bits per heavy atom. The molecule has 4 rings (SSSR count). The molecule has 0 aliphatic carbocycles. The smallest absolute Gasteiger partial charge is 0.264 e. The summed E-state index contributed by atoms with van der Waals surface area (Å²) in [7, 11) is -4.19. The van der Waals surface area contributed by atoms with Gasteiger partial charge in [0.1, 0.15) is 12.6 Å². The molecule has 1 atom stereocenters. The van der Waals surface area contributed by atoms with E-state index in [9.17, 15) is 18.0 Å². The maximum Gasteiger partial charge on any atom is 0.264 e. The third kappa shape index (κ3) is 8.60. The van der Waals surface area contributed by atoms with Crippen LogP contribution in [-0.4, -0.2) is 44.3 Å². The normalized spacial score (nSPS) is 11.9. The zero-order valence-corrected chi connectivity index (χ0v) is 26.0. The topological polar surface area (TPSA) is 86.8 Å². The number of benzene rings is 4. The third-order valence-electron chi connectivity index (χ3n) is 6.79. The van der Waals surface area contributed by atoms with E-state index in [0.717, 1.165) is 9.87 Å². The highest BCUT2D eigenvalue weighted by atomic mass is 35.5. The molecule has 7 nitrogen and oxygen atoms in total. The number of carbonyl (C=O) groups is 2. The fourth-order valence-corrected chi connectivity index (χ4v) is 6.36. The van der Waals surface area contributed by atoms with Gasteiger partial charge in [0, 0.05) is 29.6 Å². The van der Waals surface area contributed by atoms with Crippen molar-refractivity contribution in [1.29, 1.82) is 0 Å². The van der Waals surface area contributed by atoms with Gasteiger partial charge in [-0.1, -0.05) is 90.8 Å². The predicted octanol–water partition coefficient (Wildman–Crippen LogP) is 6.36. The van der Waals surface area contributed by atoms with E-state index in [0.29, 0.717) is 34.3 Å². The molecule has 0 fully saturated rings. The number of anilines is 1. The van der Waals surface area contributed by atoms with Crippen molar-refractivity contribution in [3.63, 3.8) is 0 Å². The van der Waals surface area contributed by atoms with Crippen LogP contribution < -0.4 is 9.62 Å². The van der Waals surface area contributed by atoms with Crippen LogP contribution in [0.1, 0.15) is 24.5 Å². The first-order valence-electron chi connectivity index (χ1n) is 13.9. The zero-order valence-electron chi connectivity index (χ0n) is 23.7. The van der Waals surface area contributed by atoms with Crippen LogP contribution in [0.3, 0.4) is 0 Å². The van der Waals surface area contributed by atoms with Gasteiger partial charge in [-0.2, -0.15) is 0 Å². The van der Waals surface area contributed by atoms with Gasteiger partial charge >= 0.3 is 0 Å².